The molecule has 0 amide bonds. The number of ether oxygens (including phenoxy) is 1. The molecule has 12 heavy (non-hydrogen) atoms. The first kappa shape index (κ1) is 7.62. The van der Waals surface area contributed by atoms with Crippen molar-refractivity contribution in [3.05, 3.63) is 34.6 Å². The molecule has 0 saturated carbocycles. The summed E-state index contributed by atoms with van der Waals surface area (Å²) in [5.74, 6) is -0.108. The van der Waals surface area contributed by atoms with Crippen molar-refractivity contribution < 1.29 is 9.13 Å². The Morgan fingerprint density at radius 3 is 3.00 bits per heavy atom. The van der Waals surface area contributed by atoms with Crippen molar-refractivity contribution in [2.75, 3.05) is 6.61 Å². The van der Waals surface area contributed by atoms with E-state index in [0.29, 0.717) is 17.2 Å². The van der Waals surface area contributed by atoms with Crippen LogP contribution >= 0.6 is 11.6 Å². The molecule has 1 heterocycles. The minimum Gasteiger partial charge on any atom is -0.486 e. The van der Waals surface area contributed by atoms with Gasteiger partial charge < -0.3 is 4.74 Å². The fourth-order valence-electron chi connectivity index (χ4n) is 1.15. The van der Waals surface area contributed by atoms with Crippen molar-refractivity contribution in [2.24, 2.45) is 0 Å². The smallest absolute Gasteiger partial charge is 0.165 e. The highest BCUT2D eigenvalue weighted by Gasteiger charge is 2.13. The first-order chi connectivity index (χ1) is 5.79. The Hall–Kier alpha value is -1.02. The molecular weight excluding hydrogens is 179 g/mol. The van der Waals surface area contributed by atoms with Gasteiger partial charge in [0, 0.05) is 5.56 Å². The molecule has 2 rings (SSSR count). The lowest BCUT2D eigenvalue weighted by atomic mass is 10.1. The summed E-state index contributed by atoms with van der Waals surface area (Å²) < 4.78 is 18.1. The zero-order valence-electron chi connectivity index (χ0n) is 6.18. The third kappa shape index (κ3) is 1.08. The Labute approximate surface area is 74.4 Å². The second-order valence-corrected chi connectivity index (χ2v) is 2.89. The molecule has 1 aliphatic heterocycles. The van der Waals surface area contributed by atoms with Crippen molar-refractivity contribution in [1.82, 2.24) is 0 Å². The van der Waals surface area contributed by atoms with Crippen LogP contribution in [0.1, 0.15) is 5.56 Å². The van der Waals surface area contributed by atoms with Crippen LogP contribution in [0.25, 0.3) is 6.08 Å². The standard InChI is InChI=1S/C9H6ClFO/c10-7-3-4-8(11)9-6(7)2-1-5-12-9/h1-4H,5H2. The van der Waals surface area contributed by atoms with Crippen molar-refractivity contribution in [2.45, 2.75) is 0 Å². The molecule has 0 radical (unpaired) electrons. The van der Waals surface area contributed by atoms with Gasteiger partial charge in [0.1, 0.15) is 6.61 Å². The van der Waals surface area contributed by atoms with Crippen molar-refractivity contribution in [3.63, 3.8) is 0 Å². The van der Waals surface area contributed by atoms with Crippen LogP contribution in [0.3, 0.4) is 0 Å². The fourth-order valence-corrected chi connectivity index (χ4v) is 1.36. The van der Waals surface area contributed by atoms with E-state index in [-0.39, 0.29) is 11.6 Å². The Kier molecular flexibility index (Phi) is 1.77. The van der Waals surface area contributed by atoms with Crippen LogP contribution < -0.4 is 4.74 Å². The minimum atomic E-state index is -0.362. The molecule has 0 bridgehead atoms. The Morgan fingerprint density at radius 2 is 2.25 bits per heavy atom. The van der Waals surface area contributed by atoms with E-state index in [1.165, 1.54) is 12.1 Å². The van der Waals surface area contributed by atoms with Crippen molar-refractivity contribution >= 4 is 17.7 Å². The van der Waals surface area contributed by atoms with Crippen LogP contribution in [-0.4, -0.2) is 6.61 Å². The molecule has 0 aliphatic carbocycles. The first-order valence-electron chi connectivity index (χ1n) is 3.56. The van der Waals surface area contributed by atoms with Gasteiger partial charge in [-0.3, -0.25) is 0 Å². The third-order valence-corrected chi connectivity index (χ3v) is 2.03. The number of benzene rings is 1. The summed E-state index contributed by atoms with van der Waals surface area (Å²) in [6, 6.07) is 2.83. The van der Waals surface area contributed by atoms with Crippen LogP contribution in [0.4, 0.5) is 4.39 Å². The van der Waals surface area contributed by atoms with Gasteiger partial charge in [0.25, 0.3) is 0 Å². The summed E-state index contributed by atoms with van der Waals surface area (Å²) in [4.78, 5) is 0. The first-order valence-corrected chi connectivity index (χ1v) is 3.94. The van der Waals surface area contributed by atoms with Gasteiger partial charge in [-0.05, 0) is 18.2 Å². The average Bonchev–Trinajstić information content (AvgIpc) is 2.12. The molecule has 3 heteroatoms. The van der Waals surface area contributed by atoms with E-state index in [1.54, 1.807) is 12.2 Å². The fraction of sp³-hybridized carbons (Fsp3) is 0.111. The van der Waals surface area contributed by atoms with Crippen LogP contribution in [0.5, 0.6) is 5.75 Å². The summed E-state index contributed by atoms with van der Waals surface area (Å²) in [5.41, 5.74) is 0.628. The highest BCUT2D eigenvalue weighted by Crippen LogP contribution is 2.32. The van der Waals surface area contributed by atoms with E-state index in [1.807, 2.05) is 0 Å². The highest BCUT2D eigenvalue weighted by molar-refractivity contribution is 6.32. The topological polar surface area (TPSA) is 9.23 Å². The van der Waals surface area contributed by atoms with Gasteiger partial charge >= 0.3 is 0 Å². The van der Waals surface area contributed by atoms with E-state index in [9.17, 15) is 4.39 Å². The van der Waals surface area contributed by atoms with Crippen molar-refractivity contribution in [3.8, 4) is 5.75 Å². The van der Waals surface area contributed by atoms with Crippen LogP contribution in [0, 0.1) is 5.82 Å². The van der Waals surface area contributed by atoms with Gasteiger partial charge in [-0.1, -0.05) is 17.7 Å². The molecule has 1 aromatic rings. The molecule has 0 spiro atoms. The van der Waals surface area contributed by atoms with Gasteiger partial charge in [-0.15, -0.1) is 0 Å². The molecule has 0 atom stereocenters. The Morgan fingerprint density at radius 1 is 1.42 bits per heavy atom. The lowest BCUT2D eigenvalue weighted by Crippen LogP contribution is -2.02. The molecule has 62 valence electrons. The maximum Gasteiger partial charge on any atom is 0.165 e. The van der Waals surface area contributed by atoms with Crippen LogP contribution in [-0.2, 0) is 0 Å². The largest absolute Gasteiger partial charge is 0.486 e. The van der Waals surface area contributed by atoms with Crippen molar-refractivity contribution in [1.29, 1.82) is 0 Å². The number of halogens is 2. The SMILES string of the molecule is Fc1ccc(Cl)c2c1OCC=C2. The van der Waals surface area contributed by atoms with Gasteiger partial charge in [-0.2, -0.15) is 0 Å². The summed E-state index contributed by atoms with van der Waals surface area (Å²) >= 11 is 5.82. The summed E-state index contributed by atoms with van der Waals surface area (Å²) in [6.07, 6.45) is 3.57. The van der Waals surface area contributed by atoms with E-state index in [0.717, 1.165) is 0 Å². The number of hydrogen-bond acceptors (Lipinski definition) is 1. The quantitative estimate of drug-likeness (QED) is 0.603. The molecule has 1 aliphatic rings. The minimum absolute atomic E-state index is 0.255. The zero-order chi connectivity index (χ0) is 8.55. The zero-order valence-corrected chi connectivity index (χ0v) is 6.94. The summed E-state index contributed by atoms with van der Waals surface area (Å²) in [7, 11) is 0. The van der Waals surface area contributed by atoms with E-state index in [4.69, 9.17) is 16.3 Å². The van der Waals surface area contributed by atoms with E-state index in [2.05, 4.69) is 0 Å². The predicted octanol–water partition coefficient (Wildman–Crippen LogP) is 2.88. The summed E-state index contributed by atoms with van der Waals surface area (Å²) in [5, 5.41) is 0.516. The molecule has 0 aromatic heterocycles. The second-order valence-electron chi connectivity index (χ2n) is 2.49. The second kappa shape index (κ2) is 2.79. The van der Waals surface area contributed by atoms with E-state index < -0.39 is 0 Å². The van der Waals surface area contributed by atoms with Crippen LogP contribution in [0.2, 0.25) is 5.02 Å². The molecule has 0 unspecified atom stereocenters. The van der Waals surface area contributed by atoms with Crippen LogP contribution in [0.15, 0.2) is 18.2 Å². The number of rotatable bonds is 0. The summed E-state index contributed by atoms with van der Waals surface area (Å²) in [6.45, 7) is 0.407. The van der Waals surface area contributed by atoms with E-state index >= 15 is 0 Å². The lowest BCUT2D eigenvalue weighted by molar-refractivity contribution is 0.337. The predicted molar refractivity (Wildman–Crippen MR) is 45.9 cm³/mol. The maximum absolute atomic E-state index is 13.0. The maximum atomic E-state index is 13.0. The molecular formula is C9H6ClFO. The van der Waals surface area contributed by atoms with Gasteiger partial charge in [0.15, 0.2) is 11.6 Å². The Balaban J connectivity index is 2.67. The van der Waals surface area contributed by atoms with Gasteiger partial charge in [0.05, 0.1) is 5.02 Å². The van der Waals surface area contributed by atoms with Gasteiger partial charge in [0.2, 0.25) is 0 Å². The molecule has 1 aromatic carbocycles. The molecule has 0 fully saturated rings. The molecule has 0 saturated heterocycles. The highest BCUT2D eigenvalue weighted by atomic mass is 35.5. The number of fused-ring (bicyclic) bond motifs is 1. The Bertz CT molecular complexity index is 347. The molecule has 1 nitrogen and oxygen atoms in total. The monoisotopic (exact) mass is 184 g/mol. The number of hydrogen-bond donors (Lipinski definition) is 0. The van der Waals surface area contributed by atoms with Gasteiger partial charge in [-0.25, -0.2) is 4.39 Å². The third-order valence-electron chi connectivity index (χ3n) is 1.70. The normalized spacial score (nSPS) is 13.8. The lowest BCUT2D eigenvalue weighted by Gasteiger charge is -2.13. The average molecular weight is 185 g/mol. The molecule has 0 N–H and O–H groups in total.